The second kappa shape index (κ2) is 13.9. The zero-order valence-electron chi connectivity index (χ0n) is 30.4. The maximum atomic E-state index is 5.46. The van der Waals surface area contributed by atoms with Gasteiger partial charge in [0.25, 0.3) is 0 Å². The zero-order valence-corrected chi connectivity index (χ0v) is 31.2. The Morgan fingerprint density at radius 1 is 0.382 bits per heavy atom. The van der Waals surface area contributed by atoms with E-state index >= 15 is 0 Å². The van der Waals surface area contributed by atoms with Crippen LogP contribution in [0.15, 0.2) is 200 Å². The summed E-state index contributed by atoms with van der Waals surface area (Å²) in [6.07, 6.45) is 0. The number of thiophene rings is 1. The fraction of sp³-hybridized carbons (Fsp3) is 0.0192. The van der Waals surface area contributed by atoms with Gasteiger partial charge in [0.15, 0.2) is 0 Å². The highest BCUT2D eigenvalue weighted by molar-refractivity contribution is 7.26. The van der Waals surface area contributed by atoms with Crippen LogP contribution in [0.2, 0.25) is 0 Å². The summed E-state index contributed by atoms with van der Waals surface area (Å²) in [7, 11) is 0. The molecule has 55 heavy (non-hydrogen) atoms. The average molecular weight is 721 g/mol. The molecule has 0 aliphatic rings. The first-order chi connectivity index (χ1) is 27.2. The Morgan fingerprint density at radius 2 is 0.945 bits per heavy atom. The van der Waals surface area contributed by atoms with E-state index < -0.39 is 0 Å². The van der Waals surface area contributed by atoms with Crippen LogP contribution in [0.4, 0.5) is 17.1 Å². The second-order valence-electron chi connectivity index (χ2n) is 14.0. The Hall–Kier alpha value is -6.81. The third-order valence-corrected chi connectivity index (χ3v) is 11.8. The Bertz CT molecular complexity index is 2970. The predicted octanol–water partition coefficient (Wildman–Crippen LogP) is 15.0. The van der Waals surface area contributed by atoms with Gasteiger partial charge in [-0.05, 0) is 82.6 Å². The lowest BCUT2D eigenvalue weighted by Crippen LogP contribution is -2.09. The second-order valence-corrected chi connectivity index (χ2v) is 15.1. The first kappa shape index (κ1) is 32.8. The van der Waals surface area contributed by atoms with E-state index in [0.29, 0.717) is 0 Å². The molecule has 2 aromatic heterocycles. The smallest absolute Gasteiger partial charge is 0.0788 e. The normalized spacial score (nSPS) is 11.4. The number of hydrogen-bond donors (Lipinski definition) is 0. The lowest BCUT2D eigenvalue weighted by atomic mass is 9.94. The minimum absolute atomic E-state index is 1.02. The molecule has 0 N–H and O–H groups in total. The maximum Gasteiger partial charge on any atom is 0.0788 e. The summed E-state index contributed by atoms with van der Waals surface area (Å²) in [6, 6.07) is 71.9. The number of aryl methyl sites for hydroxylation is 1. The monoisotopic (exact) mass is 720 g/mol. The van der Waals surface area contributed by atoms with Crippen LogP contribution in [0.5, 0.6) is 0 Å². The van der Waals surface area contributed by atoms with Crippen LogP contribution >= 0.6 is 11.3 Å². The maximum absolute atomic E-state index is 5.46. The Balaban J connectivity index is 1.14. The third kappa shape index (κ3) is 5.96. The Kier molecular flexibility index (Phi) is 8.28. The number of nitrogens with zero attached hydrogens (tertiary/aromatic N) is 2. The summed E-state index contributed by atoms with van der Waals surface area (Å²) >= 11 is 1.85. The molecule has 8 aromatic carbocycles. The molecular weight excluding hydrogens is 685 g/mol. The molecule has 0 fully saturated rings. The van der Waals surface area contributed by atoms with Gasteiger partial charge in [-0.25, -0.2) is 4.98 Å². The number of anilines is 3. The van der Waals surface area contributed by atoms with Gasteiger partial charge in [0.1, 0.15) is 0 Å². The van der Waals surface area contributed by atoms with Crippen molar-refractivity contribution < 1.29 is 0 Å². The van der Waals surface area contributed by atoms with Crippen LogP contribution in [0.25, 0.3) is 75.7 Å². The molecule has 0 radical (unpaired) electrons. The molecule has 0 saturated carbocycles. The van der Waals surface area contributed by atoms with E-state index in [1.807, 2.05) is 11.3 Å². The van der Waals surface area contributed by atoms with Gasteiger partial charge in [-0.2, -0.15) is 0 Å². The summed E-state index contributed by atoms with van der Waals surface area (Å²) in [4.78, 5) is 7.84. The molecule has 10 rings (SSSR count). The van der Waals surface area contributed by atoms with Crippen molar-refractivity contribution in [2.24, 2.45) is 0 Å². The first-order valence-electron chi connectivity index (χ1n) is 18.7. The van der Waals surface area contributed by atoms with Crippen LogP contribution in [0.1, 0.15) is 5.56 Å². The number of hydrogen-bond acceptors (Lipinski definition) is 3. The van der Waals surface area contributed by atoms with Crippen molar-refractivity contribution in [2.75, 3.05) is 4.90 Å². The molecule has 0 aliphatic carbocycles. The van der Waals surface area contributed by atoms with Gasteiger partial charge in [-0.1, -0.05) is 158 Å². The summed E-state index contributed by atoms with van der Waals surface area (Å²) in [6.45, 7) is 2.22. The molecule has 0 unspecified atom stereocenters. The van der Waals surface area contributed by atoms with E-state index in [4.69, 9.17) is 4.98 Å². The molecule has 0 amide bonds. The van der Waals surface area contributed by atoms with Gasteiger partial charge in [-0.15, -0.1) is 11.3 Å². The lowest BCUT2D eigenvalue weighted by Gasteiger charge is -2.26. The van der Waals surface area contributed by atoms with Crippen molar-refractivity contribution in [3.8, 4) is 44.8 Å². The molecule has 0 atom stereocenters. The van der Waals surface area contributed by atoms with E-state index in [1.54, 1.807) is 0 Å². The van der Waals surface area contributed by atoms with Gasteiger partial charge in [0, 0.05) is 53.7 Å². The van der Waals surface area contributed by atoms with Crippen molar-refractivity contribution in [2.45, 2.75) is 6.92 Å². The van der Waals surface area contributed by atoms with E-state index in [-0.39, 0.29) is 0 Å². The third-order valence-electron chi connectivity index (χ3n) is 10.7. The number of fused-ring (bicyclic) bond motifs is 4. The number of aromatic nitrogens is 1. The van der Waals surface area contributed by atoms with Crippen molar-refractivity contribution >= 4 is 59.3 Å². The van der Waals surface area contributed by atoms with Crippen molar-refractivity contribution in [1.82, 2.24) is 4.98 Å². The molecule has 0 saturated heterocycles. The molecular formula is C52H36N2S. The van der Waals surface area contributed by atoms with Gasteiger partial charge in [0.2, 0.25) is 0 Å². The molecule has 260 valence electrons. The largest absolute Gasteiger partial charge is 0.310 e. The highest BCUT2D eigenvalue weighted by Gasteiger charge is 2.20. The predicted molar refractivity (Wildman–Crippen MR) is 236 cm³/mol. The number of pyridine rings is 1. The van der Waals surface area contributed by atoms with E-state index in [2.05, 4.69) is 212 Å². The van der Waals surface area contributed by atoms with Crippen LogP contribution in [-0.2, 0) is 0 Å². The summed E-state index contributed by atoms with van der Waals surface area (Å²) < 4.78 is 2.50. The van der Waals surface area contributed by atoms with Crippen molar-refractivity contribution in [3.05, 3.63) is 206 Å². The van der Waals surface area contributed by atoms with Crippen LogP contribution in [-0.4, -0.2) is 4.98 Å². The lowest BCUT2D eigenvalue weighted by molar-refractivity contribution is 1.29. The Labute approximate surface area is 325 Å². The summed E-state index contributed by atoms with van der Waals surface area (Å²) in [5, 5.41) is 4.91. The van der Waals surface area contributed by atoms with Gasteiger partial charge in [-0.3, -0.25) is 0 Å². The van der Waals surface area contributed by atoms with Crippen LogP contribution in [0, 0.1) is 6.92 Å². The van der Waals surface area contributed by atoms with Crippen molar-refractivity contribution in [1.29, 1.82) is 0 Å². The van der Waals surface area contributed by atoms with Crippen molar-refractivity contribution in [3.63, 3.8) is 0 Å². The molecule has 0 aliphatic heterocycles. The molecule has 0 spiro atoms. The van der Waals surface area contributed by atoms with Gasteiger partial charge in [0.05, 0.1) is 11.4 Å². The fourth-order valence-corrected chi connectivity index (χ4v) is 9.13. The SMILES string of the molecule is Cc1c(-c2cccc3sc4cc(N(c5ccc(-c6ccccc6)cc5)c5cccc(-c6ccccc6)c5)ccc4c23)nc(-c2ccccc2)c2ccccc12. The molecule has 3 heteroatoms. The molecule has 0 bridgehead atoms. The average Bonchev–Trinajstić information content (AvgIpc) is 3.64. The molecule has 2 nitrogen and oxygen atoms in total. The minimum atomic E-state index is 1.02. The Morgan fingerprint density at radius 3 is 1.67 bits per heavy atom. The van der Waals surface area contributed by atoms with E-state index in [1.165, 1.54) is 64.3 Å². The first-order valence-corrected chi connectivity index (χ1v) is 19.5. The fourth-order valence-electron chi connectivity index (χ4n) is 7.97. The van der Waals surface area contributed by atoms with Crippen LogP contribution in [0.3, 0.4) is 0 Å². The quantitative estimate of drug-likeness (QED) is 0.163. The van der Waals surface area contributed by atoms with E-state index in [9.17, 15) is 0 Å². The van der Waals surface area contributed by atoms with Gasteiger partial charge < -0.3 is 4.90 Å². The summed E-state index contributed by atoms with van der Waals surface area (Å²) in [5.74, 6) is 0. The zero-order chi connectivity index (χ0) is 36.7. The standard InChI is InChI=1S/C52H36N2S/c1-35-44-23-11-12-24-45(44)52(39-19-9-4-10-20-39)53-51(35)47-25-14-26-48-50(47)46-32-31-43(34-49(46)55-48)54(41-29-27-38(28-30-41)36-15-5-2-6-16-36)42-22-13-21-40(33-42)37-17-7-3-8-18-37/h2-34H,1H3. The van der Waals surface area contributed by atoms with Crippen LogP contribution < -0.4 is 4.90 Å². The minimum Gasteiger partial charge on any atom is -0.310 e. The van der Waals surface area contributed by atoms with E-state index in [0.717, 1.165) is 34.0 Å². The molecule has 2 heterocycles. The summed E-state index contributed by atoms with van der Waals surface area (Å²) in [5.41, 5.74) is 13.7. The molecule has 10 aromatic rings. The number of rotatable bonds is 7. The number of benzene rings is 8. The highest BCUT2D eigenvalue weighted by atomic mass is 32.1. The topological polar surface area (TPSA) is 16.1 Å². The highest BCUT2D eigenvalue weighted by Crippen LogP contribution is 2.45. The van der Waals surface area contributed by atoms with Gasteiger partial charge >= 0.3 is 0 Å².